The molecule has 0 aliphatic heterocycles. The van der Waals surface area contributed by atoms with Crippen molar-refractivity contribution in [2.45, 2.75) is 90.8 Å². The van der Waals surface area contributed by atoms with Crippen molar-refractivity contribution < 1.29 is 24.5 Å². The summed E-state index contributed by atoms with van der Waals surface area (Å²) in [6.45, 7) is 7.48. The molecular formula is C20H34O5. The molecule has 0 amide bonds. The van der Waals surface area contributed by atoms with Crippen LogP contribution in [0.15, 0.2) is 0 Å². The second kappa shape index (κ2) is 7.65. The largest absolute Gasteiger partial charge is 0.479 e. The van der Waals surface area contributed by atoms with Crippen LogP contribution in [0.25, 0.3) is 0 Å². The Balaban J connectivity index is 1.96. The van der Waals surface area contributed by atoms with Gasteiger partial charge in [0.05, 0.1) is 0 Å². The van der Waals surface area contributed by atoms with Gasteiger partial charge in [-0.05, 0) is 69.1 Å². The van der Waals surface area contributed by atoms with Crippen LogP contribution in [0.5, 0.6) is 0 Å². The molecule has 5 nitrogen and oxygen atoms in total. The van der Waals surface area contributed by atoms with Gasteiger partial charge >= 0.3 is 11.9 Å². The predicted octanol–water partition coefficient (Wildman–Crippen LogP) is 3.78. The van der Waals surface area contributed by atoms with E-state index in [4.69, 9.17) is 9.84 Å². The fraction of sp³-hybridized carbons (Fsp3) is 0.900. The quantitative estimate of drug-likeness (QED) is 0.680. The molecule has 0 aromatic rings. The van der Waals surface area contributed by atoms with E-state index >= 15 is 0 Å². The van der Waals surface area contributed by atoms with Crippen molar-refractivity contribution in [2.75, 3.05) is 0 Å². The zero-order valence-corrected chi connectivity index (χ0v) is 16.1. The lowest BCUT2D eigenvalue weighted by Gasteiger charge is -2.46. The highest BCUT2D eigenvalue weighted by Gasteiger charge is 2.53. The average Bonchev–Trinajstić information content (AvgIpc) is 2.84. The molecule has 5 heteroatoms. The molecule has 0 spiro atoms. The topological polar surface area (TPSA) is 83.8 Å². The molecule has 2 N–H and O–H groups in total. The number of carbonyl (C=O) groups is 2. The maximum Gasteiger partial charge on any atom is 0.335 e. The second-order valence-electron chi connectivity index (χ2n) is 8.78. The van der Waals surface area contributed by atoms with Gasteiger partial charge in [0, 0.05) is 12.8 Å². The van der Waals surface area contributed by atoms with Crippen LogP contribution in [0.3, 0.4) is 0 Å². The third-order valence-electron chi connectivity index (χ3n) is 6.92. The highest BCUT2D eigenvalue weighted by molar-refractivity contribution is 5.76. The molecule has 2 aliphatic rings. The summed E-state index contributed by atoms with van der Waals surface area (Å²) >= 11 is 0. The zero-order chi connectivity index (χ0) is 18.8. The van der Waals surface area contributed by atoms with Crippen LogP contribution in [0.2, 0.25) is 0 Å². The average molecular weight is 354 g/mol. The standard InChI is InChI=1S/C20H34O5/c1-13(7-5-12-20(4,24)18(22)23)15-9-10-16-17(25-14(2)21)8-6-11-19(15,16)3/h13,15-17,24H,5-12H2,1-4H3,(H,22,23)/t13-,15-,16?,17?,19-,20-/m1/s1. The number of carboxylic acid groups (broad SMARTS) is 1. The van der Waals surface area contributed by atoms with Crippen LogP contribution in [-0.2, 0) is 14.3 Å². The molecular weight excluding hydrogens is 320 g/mol. The molecule has 0 radical (unpaired) electrons. The molecule has 6 atom stereocenters. The van der Waals surface area contributed by atoms with Gasteiger partial charge in [-0.3, -0.25) is 4.79 Å². The van der Waals surface area contributed by atoms with E-state index < -0.39 is 11.6 Å². The highest BCUT2D eigenvalue weighted by Crippen LogP contribution is 2.58. The summed E-state index contributed by atoms with van der Waals surface area (Å²) in [5.74, 6) is 0.173. The summed E-state index contributed by atoms with van der Waals surface area (Å²) in [6, 6.07) is 0. The van der Waals surface area contributed by atoms with Crippen LogP contribution in [-0.4, -0.2) is 33.9 Å². The van der Waals surface area contributed by atoms with Gasteiger partial charge in [-0.2, -0.15) is 0 Å². The van der Waals surface area contributed by atoms with Crippen LogP contribution >= 0.6 is 0 Å². The Labute approximate surface area is 151 Å². The minimum atomic E-state index is -1.63. The van der Waals surface area contributed by atoms with Crippen LogP contribution in [0, 0.1) is 23.2 Å². The fourth-order valence-corrected chi connectivity index (χ4v) is 5.53. The van der Waals surface area contributed by atoms with Crippen molar-refractivity contribution in [1.29, 1.82) is 0 Å². The zero-order valence-electron chi connectivity index (χ0n) is 16.1. The van der Waals surface area contributed by atoms with Gasteiger partial charge < -0.3 is 14.9 Å². The maximum atomic E-state index is 11.4. The monoisotopic (exact) mass is 354 g/mol. The number of hydrogen-bond donors (Lipinski definition) is 2. The molecule has 2 fully saturated rings. The minimum Gasteiger partial charge on any atom is -0.479 e. The van der Waals surface area contributed by atoms with Gasteiger partial charge in [0.25, 0.3) is 0 Å². The van der Waals surface area contributed by atoms with E-state index in [1.54, 1.807) is 0 Å². The van der Waals surface area contributed by atoms with Crippen molar-refractivity contribution in [3.05, 3.63) is 0 Å². The molecule has 2 aliphatic carbocycles. The first-order valence-electron chi connectivity index (χ1n) is 9.71. The Morgan fingerprint density at radius 3 is 2.60 bits per heavy atom. The number of rotatable bonds is 7. The van der Waals surface area contributed by atoms with Crippen molar-refractivity contribution in [3.63, 3.8) is 0 Å². The Morgan fingerprint density at radius 1 is 1.32 bits per heavy atom. The summed E-state index contributed by atoms with van der Waals surface area (Å²) < 4.78 is 5.61. The van der Waals surface area contributed by atoms with Crippen LogP contribution in [0.4, 0.5) is 0 Å². The summed E-state index contributed by atoms with van der Waals surface area (Å²) in [5, 5.41) is 18.9. The highest BCUT2D eigenvalue weighted by atomic mass is 16.5. The Hall–Kier alpha value is -1.10. The van der Waals surface area contributed by atoms with Crippen molar-refractivity contribution in [2.24, 2.45) is 23.2 Å². The van der Waals surface area contributed by atoms with E-state index in [2.05, 4.69) is 13.8 Å². The van der Waals surface area contributed by atoms with E-state index in [1.165, 1.54) is 20.3 Å². The predicted molar refractivity (Wildman–Crippen MR) is 95.0 cm³/mol. The van der Waals surface area contributed by atoms with Crippen molar-refractivity contribution in [3.8, 4) is 0 Å². The molecule has 0 saturated heterocycles. The molecule has 2 saturated carbocycles. The lowest BCUT2D eigenvalue weighted by atomic mass is 9.61. The first-order valence-corrected chi connectivity index (χ1v) is 9.71. The van der Waals surface area contributed by atoms with Gasteiger partial charge in [0.15, 0.2) is 5.60 Å². The number of carbonyl (C=O) groups excluding carboxylic acids is 1. The first-order chi connectivity index (χ1) is 11.6. The van der Waals surface area contributed by atoms with Gasteiger partial charge in [0.2, 0.25) is 0 Å². The number of ether oxygens (including phenoxy) is 1. The second-order valence-corrected chi connectivity index (χ2v) is 8.78. The molecule has 2 unspecified atom stereocenters. The van der Waals surface area contributed by atoms with E-state index in [-0.39, 0.29) is 23.9 Å². The number of aliphatic hydroxyl groups is 1. The summed E-state index contributed by atoms with van der Waals surface area (Å²) in [7, 11) is 0. The third-order valence-corrected chi connectivity index (χ3v) is 6.92. The Morgan fingerprint density at radius 2 is 2.00 bits per heavy atom. The lowest BCUT2D eigenvalue weighted by Crippen LogP contribution is -2.43. The van der Waals surface area contributed by atoms with Crippen LogP contribution < -0.4 is 0 Å². The lowest BCUT2D eigenvalue weighted by molar-refractivity contribution is -0.158. The van der Waals surface area contributed by atoms with E-state index in [9.17, 15) is 14.7 Å². The Kier molecular flexibility index (Phi) is 6.18. The van der Waals surface area contributed by atoms with E-state index in [1.807, 2.05) is 0 Å². The van der Waals surface area contributed by atoms with E-state index in [0.29, 0.717) is 24.2 Å². The van der Waals surface area contributed by atoms with Gasteiger partial charge in [0.1, 0.15) is 6.10 Å². The number of esters is 1. The molecule has 25 heavy (non-hydrogen) atoms. The number of fused-ring (bicyclic) bond motifs is 1. The fourth-order valence-electron chi connectivity index (χ4n) is 5.53. The van der Waals surface area contributed by atoms with Gasteiger partial charge in [-0.15, -0.1) is 0 Å². The van der Waals surface area contributed by atoms with Crippen molar-refractivity contribution in [1.82, 2.24) is 0 Å². The van der Waals surface area contributed by atoms with Gasteiger partial charge in [-0.25, -0.2) is 4.79 Å². The normalized spacial score (nSPS) is 35.5. The number of hydrogen-bond acceptors (Lipinski definition) is 4. The molecule has 0 heterocycles. The summed E-state index contributed by atoms with van der Waals surface area (Å²) in [6.07, 6.45) is 7.49. The maximum absolute atomic E-state index is 11.4. The molecule has 0 bridgehead atoms. The number of carboxylic acids is 1. The summed E-state index contributed by atoms with van der Waals surface area (Å²) in [5.41, 5.74) is -1.43. The molecule has 0 aromatic heterocycles. The smallest absolute Gasteiger partial charge is 0.335 e. The van der Waals surface area contributed by atoms with Crippen molar-refractivity contribution >= 4 is 11.9 Å². The minimum absolute atomic E-state index is 0.0567. The van der Waals surface area contributed by atoms with E-state index in [0.717, 1.165) is 32.1 Å². The van der Waals surface area contributed by atoms with Gasteiger partial charge in [-0.1, -0.05) is 20.3 Å². The first kappa shape index (κ1) is 20.2. The molecule has 2 rings (SSSR count). The molecule has 0 aromatic carbocycles. The Bertz CT molecular complexity index is 500. The SMILES string of the molecule is CC(=O)OC1CCC[C@@]2(C)C1CC[C@@H]2[C@H](C)CCC[C@@](C)(O)C(=O)O. The van der Waals surface area contributed by atoms with Crippen LogP contribution in [0.1, 0.15) is 79.1 Å². The summed E-state index contributed by atoms with van der Waals surface area (Å²) in [4.78, 5) is 22.4. The number of aliphatic carboxylic acids is 1. The third kappa shape index (κ3) is 4.36. The molecule has 144 valence electrons.